The van der Waals surface area contributed by atoms with E-state index in [1.807, 2.05) is 6.92 Å². The fraction of sp³-hybridized carbons (Fsp3) is 0.500. The lowest BCUT2D eigenvalue weighted by molar-refractivity contribution is 0.318. The first kappa shape index (κ1) is 14.6. The monoisotopic (exact) mass is 283 g/mol. The van der Waals surface area contributed by atoms with Crippen LogP contribution in [0.5, 0.6) is 0 Å². The van der Waals surface area contributed by atoms with Gasteiger partial charge in [0.25, 0.3) is 0 Å². The predicted molar refractivity (Wildman–Crippen MR) is 74.1 cm³/mol. The number of hydrogen-bond donors (Lipinski definition) is 2. The van der Waals surface area contributed by atoms with E-state index in [-0.39, 0.29) is 23.1 Å². The van der Waals surface area contributed by atoms with Gasteiger partial charge in [-0.1, -0.05) is 12.1 Å². The summed E-state index contributed by atoms with van der Waals surface area (Å²) in [6.07, 6.45) is 1.97. The fourth-order valence-electron chi connectivity index (χ4n) is 2.70. The topological polar surface area (TPSA) is 61.8 Å². The van der Waals surface area contributed by atoms with Crippen molar-refractivity contribution in [3.8, 4) is 0 Å². The van der Waals surface area contributed by atoms with Crippen LogP contribution >= 0.6 is 0 Å². The Balaban J connectivity index is 2.42. The summed E-state index contributed by atoms with van der Waals surface area (Å²) in [7, 11) is 0. The van der Waals surface area contributed by atoms with E-state index >= 15 is 0 Å². The number of benzene rings is 1. The number of amidine groups is 1. The number of rotatable bonds is 2. The van der Waals surface area contributed by atoms with Crippen LogP contribution in [0.2, 0.25) is 0 Å². The van der Waals surface area contributed by atoms with E-state index in [9.17, 15) is 8.78 Å². The molecule has 3 N–H and O–H groups in total. The molecule has 2 atom stereocenters. The number of piperidine rings is 1. The molecule has 0 bridgehead atoms. The van der Waals surface area contributed by atoms with Gasteiger partial charge < -0.3 is 15.8 Å². The van der Waals surface area contributed by atoms with E-state index in [0.29, 0.717) is 12.5 Å². The van der Waals surface area contributed by atoms with Crippen LogP contribution in [0.4, 0.5) is 14.5 Å². The summed E-state index contributed by atoms with van der Waals surface area (Å²) < 4.78 is 28.4. The van der Waals surface area contributed by atoms with Crippen molar-refractivity contribution in [3.63, 3.8) is 0 Å². The zero-order chi connectivity index (χ0) is 14.9. The summed E-state index contributed by atoms with van der Waals surface area (Å²) in [5.74, 6) is -1.30. The highest BCUT2D eigenvalue weighted by Crippen LogP contribution is 2.32. The summed E-state index contributed by atoms with van der Waals surface area (Å²) in [5, 5.41) is 11.3. The Bertz CT molecular complexity index is 510. The lowest BCUT2D eigenvalue weighted by Gasteiger charge is -2.39. The van der Waals surface area contributed by atoms with Crippen molar-refractivity contribution in [1.29, 1.82) is 0 Å². The molecule has 1 aromatic carbocycles. The maximum atomic E-state index is 14.2. The second-order valence-corrected chi connectivity index (χ2v) is 5.33. The van der Waals surface area contributed by atoms with Gasteiger partial charge in [0.15, 0.2) is 5.84 Å². The molecule has 20 heavy (non-hydrogen) atoms. The lowest BCUT2D eigenvalue weighted by atomic mass is 9.91. The summed E-state index contributed by atoms with van der Waals surface area (Å²) in [6, 6.07) is 2.27. The Morgan fingerprint density at radius 2 is 1.95 bits per heavy atom. The molecule has 0 saturated carbocycles. The number of nitrogens with zero attached hydrogens (tertiary/aromatic N) is 2. The van der Waals surface area contributed by atoms with Crippen molar-refractivity contribution in [2.45, 2.75) is 32.7 Å². The molecular formula is C14H19F2N3O. The molecule has 2 rings (SSSR count). The molecule has 1 aliphatic heterocycles. The van der Waals surface area contributed by atoms with Gasteiger partial charge >= 0.3 is 0 Å². The minimum absolute atomic E-state index is 0.0291. The van der Waals surface area contributed by atoms with E-state index in [2.05, 4.69) is 12.1 Å². The van der Waals surface area contributed by atoms with E-state index in [1.54, 1.807) is 4.90 Å². The summed E-state index contributed by atoms with van der Waals surface area (Å²) in [4.78, 5) is 1.76. The third kappa shape index (κ3) is 2.55. The van der Waals surface area contributed by atoms with Crippen LogP contribution in [-0.4, -0.2) is 23.6 Å². The number of halogens is 2. The summed E-state index contributed by atoms with van der Waals surface area (Å²) in [5.41, 5.74) is 5.37. The first-order chi connectivity index (χ1) is 9.45. The molecule has 1 saturated heterocycles. The quantitative estimate of drug-likeness (QED) is 0.380. The number of oxime groups is 1. The number of nitrogens with two attached hydrogens (primary N) is 1. The Labute approximate surface area is 116 Å². The zero-order valence-electron chi connectivity index (χ0n) is 11.6. The third-order valence-corrected chi connectivity index (χ3v) is 4.08. The average Bonchev–Trinajstić information content (AvgIpc) is 2.41. The highest BCUT2D eigenvalue weighted by atomic mass is 19.1. The molecule has 0 spiro atoms. The third-order valence-electron chi connectivity index (χ3n) is 4.08. The van der Waals surface area contributed by atoms with Gasteiger partial charge in [-0.15, -0.1) is 0 Å². The zero-order valence-corrected chi connectivity index (χ0v) is 11.6. The summed E-state index contributed by atoms with van der Waals surface area (Å²) in [6.45, 7) is 4.68. The van der Waals surface area contributed by atoms with Gasteiger partial charge in [-0.05, 0) is 37.8 Å². The molecule has 0 aromatic heterocycles. The largest absolute Gasteiger partial charge is 0.409 e. The molecule has 1 heterocycles. The minimum atomic E-state index is -0.687. The van der Waals surface area contributed by atoms with Crippen molar-refractivity contribution in [3.05, 3.63) is 29.3 Å². The molecule has 0 radical (unpaired) electrons. The predicted octanol–water partition coefficient (Wildman–Crippen LogP) is 2.68. The van der Waals surface area contributed by atoms with Gasteiger partial charge in [-0.3, -0.25) is 0 Å². The van der Waals surface area contributed by atoms with E-state index in [0.717, 1.165) is 25.0 Å². The molecule has 6 heteroatoms. The van der Waals surface area contributed by atoms with Crippen LogP contribution in [0, 0.1) is 17.6 Å². The van der Waals surface area contributed by atoms with E-state index in [1.165, 1.54) is 0 Å². The van der Waals surface area contributed by atoms with Gasteiger partial charge in [-0.25, -0.2) is 8.78 Å². The first-order valence-electron chi connectivity index (χ1n) is 6.69. The highest BCUT2D eigenvalue weighted by Gasteiger charge is 2.29. The van der Waals surface area contributed by atoms with Gasteiger partial charge in [-0.2, -0.15) is 0 Å². The second kappa shape index (κ2) is 5.64. The lowest BCUT2D eigenvalue weighted by Crippen LogP contribution is -2.43. The molecule has 1 aromatic rings. The maximum absolute atomic E-state index is 14.2. The Morgan fingerprint density at radius 3 is 2.50 bits per heavy atom. The molecular weight excluding hydrogens is 264 g/mol. The SMILES string of the molecule is CC1CCCN(c2c(F)cc(C(N)=NO)cc2F)C1C. The molecule has 0 aliphatic carbocycles. The highest BCUT2D eigenvalue weighted by molar-refractivity contribution is 5.97. The van der Waals surface area contributed by atoms with E-state index < -0.39 is 11.6 Å². The van der Waals surface area contributed by atoms with Gasteiger partial charge in [0.1, 0.15) is 17.3 Å². The molecule has 1 aliphatic rings. The number of anilines is 1. The Kier molecular flexibility index (Phi) is 4.11. The van der Waals surface area contributed by atoms with Crippen LogP contribution < -0.4 is 10.6 Å². The normalized spacial score (nSPS) is 24.0. The number of hydrogen-bond acceptors (Lipinski definition) is 3. The maximum Gasteiger partial charge on any atom is 0.170 e. The first-order valence-corrected chi connectivity index (χ1v) is 6.69. The molecule has 1 fully saturated rings. The van der Waals surface area contributed by atoms with Gasteiger partial charge in [0.05, 0.1) is 0 Å². The smallest absolute Gasteiger partial charge is 0.170 e. The van der Waals surface area contributed by atoms with Gasteiger partial charge in [0.2, 0.25) is 0 Å². The van der Waals surface area contributed by atoms with Crippen LogP contribution in [0.1, 0.15) is 32.3 Å². The van der Waals surface area contributed by atoms with Crippen LogP contribution in [0.25, 0.3) is 0 Å². The average molecular weight is 283 g/mol. The molecule has 2 unspecified atom stereocenters. The van der Waals surface area contributed by atoms with Crippen LogP contribution in [0.15, 0.2) is 17.3 Å². The fourth-order valence-corrected chi connectivity index (χ4v) is 2.70. The Hall–Kier alpha value is -1.85. The van der Waals surface area contributed by atoms with Crippen molar-refractivity contribution < 1.29 is 14.0 Å². The summed E-state index contributed by atoms with van der Waals surface area (Å²) >= 11 is 0. The van der Waals surface area contributed by atoms with Crippen molar-refractivity contribution >= 4 is 11.5 Å². The molecule has 4 nitrogen and oxygen atoms in total. The van der Waals surface area contributed by atoms with Crippen LogP contribution in [0.3, 0.4) is 0 Å². The second-order valence-electron chi connectivity index (χ2n) is 5.33. The van der Waals surface area contributed by atoms with Crippen molar-refractivity contribution in [1.82, 2.24) is 0 Å². The standard InChI is InChI=1S/C14H19F2N3O/c1-8-4-3-5-19(9(8)2)13-11(15)6-10(7-12(13)16)14(17)18-20/h6-9,20H,3-5H2,1-2H3,(H2,17,18). The van der Waals surface area contributed by atoms with Crippen molar-refractivity contribution in [2.75, 3.05) is 11.4 Å². The molecule has 0 amide bonds. The van der Waals surface area contributed by atoms with Crippen LogP contribution in [-0.2, 0) is 0 Å². The molecule has 110 valence electrons. The van der Waals surface area contributed by atoms with E-state index in [4.69, 9.17) is 10.9 Å². The van der Waals surface area contributed by atoms with Gasteiger partial charge in [0, 0.05) is 18.2 Å². The minimum Gasteiger partial charge on any atom is -0.409 e. The van der Waals surface area contributed by atoms with Crippen molar-refractivity contribution in [2.24, 2.45) is 16.8 Å². The Morgan fingerprint density at radius 1 is 1.35 bits per heavy atom.